The number of hydrogen-bond donors (Lipinski definition) is 2. The summed E-state index contributed by atoms with van der Waals surface area (Å²) < 4.78 is 0. The van der Waals surface area contributed by atoms with Crippen LogP contribution in [0.4, 0.5) is 17.1 Å². The maximum absolute atomic E-state index is 12.9. The Balaban J connectivity index is 1.93. The van der Waals surface area contributed by atoms with Crippen LogP contribution in [-0.2, 0) is 4.79 Å². The van der Waals surface area contributed by atoms with Crippen LogP contribution in [0.15, 0.2) is 77.8 Å². The fourth-order valence-corrected chi connectivity index (χ4v) is 2.72. The normalized spacial score (nSPS) is 11.1. The van der Waals surface area contributed by atoms with E-state index >= 15 is 0 Å². The van der Waals surface area contributed by atoms with E-state index in [9.17, 15) is 4.79 Å². The Morgan fingerprint density at radius 1 is 0.741 bits per heavy atom. The molecule has 0 saturated carbocycles. The zero-order chi connectivity index (χ0) is 19.2. The number of aliphatic imine (C=N–C) groups is 1. The van der Waals surface area contributed by atoms with Crippen LogP contribution in [0.2, 0.25) is 0 Å². The lowest BCUT2D eigenvalue weighted by molar-refractivity contribution is -0.110. The van der Waals surface area contributed by atoms with Gasteiger partial charge in [-0.2, -0.15) is 0 Å². The van der Waals surface area contributed by atoms with Gasteiger partial charge in [0.15, 0.2) is 5.84 Å². The number of rotatable bonds is 3. The fourth-order valence-electron chi connectivity index (χ4n) is 2.72. The molecule has 136 valence electrons. The van der Waals surface area contributed by atoms with Crippen LogP contribution in [0.5, 0.6) is 0 Å². The molecular weight excluding hydrogens is 334 g/mol. The Kier molecular flexibility index (Phi) is 5.67. The predicted molar refractivity (Wildman–Crippen MR) is 113 cm³/mol. The summed E-state index contributed by atoms with van der Waals surface area (Å²) in [5.74, 6) is -0.0400. The highest BCUT2D eigenvalue weighted by atomic mass is 16.2. The number of hydrogen-bond acceptors (Lipinski definition) is 2. The van der Waals surface area contributed by atoms with Gasteiger partial charge in [0.2, 0.25) is 0 Å². The summed E-state index contributed by atoms with van der Waals surface area (Å²) in [4.78, 5) is 17.5. The molecule has 0 aliphatic carbocycles. The molecule has 0 aromatic heterocycles. The third-order valence-corrected chi connectivity index (χ3v) is 4.12. The molecule has 4 nitrogen and oxygen atoms in total. The molecule has 0 bridgehead atoms. The first-order valence-electron chi connectivity index (χ1n) is 8.87. The monoisotopic (exact) mass is 357 g/mol. The predicted octanol–water partition coefficient (Wildman–Crippen LogP) is 5.39. The largest absolute Gasteiger partial charge is 0.336 e. The first-order chi connectivity index (χ1) is 13.0. The Labute approximate surface area is 160 Å². The molecule has 4 heteroatoms. The van der Waals surface area contributed by atoms with E-state index in [1.165, 1.54) is 0 Å². The van der Waals surface area contributed by atoms with E-state index in [-0.39, 0.29) is 11.7 Å². The smallest absolute Gasteiger partial charge is 0.291 e. The zero-order valence-corrected chi connectivity index (χ0v) is 15.8. The molecule has 2 N–H and O–H groups in total. The van der Waals surface area contributed by atoms with Gasteiger partial charge in [-0.05, 0) is 67.8 Å². The van der Waals surface area contributed by atoms with Crippen molar-refractivity contribution in [2.75, 3.05) is 10.6 Å². The third-order valence-electron chi connectivity index (χ3n) is 4.12. The number of anilines is 2. The van der Waals surface area contributed by atoms with Crippen LogP contribution in [-0.4, -0.2) is 11.7 Å². The van der Waals surface area contributed by atoms with Crippen LogP contribution in [0.1, 0.15) is 16.7 Å². The Hall–Kier alpha value is -3.40. The van der Waals surface area contributed by atoms with Crippen molar-refractivity contribution in [2.45, 2.75) is 20.8 Å². The molecule has 0 heterocycles. The summed E-state index contributed by atoms with van der Waals surface area (Å²) >= 11 is 0. The number of para-hydroxylation sites is 1. The van der Waals surface area contributed by atoms with Gasteiger partial charge in [0.1, 0.15) is 0 Å². The van der Waals surface area contributed by atoms with Gasteiger partial charge in [-0.15, -0.1) is 0 Å². The molecule has 0 atom stereocenters. The van der Waals surface area contributed by atoms with E-state index in [1.54, 1.807) is 0 Å². The second-order valence-electron chi connectivity index (χ2n) is 6.56. The van der Waals surface area contributed by atoms with E-state index in [4.69, 9.17) is 0 Å². The highest BCUT2D eigenvalue weighted by Crippen LogP contribution is 2.19. The second-order valence-corrected chi connectivity index (χ2v) is 6.56. The molecule has 0 aliphatic heterocycles. The van der Waals surface area contributed by atoms with Crippen LogP contribution in [0, 0.1) is 20.8 Å². The molecular formula is C23H23N3O. The SMILES string of the molecule is Cc1cccc(NC(=O)C(=Nc2ccccc2C)Nc2cccc(C)c2)c1. The first-order valence-corrected chi connectivity index (χ1v) is 8.87. The molecule has 0 spiro atoms. The summed E-state index contributed by atoms with van der Waals surface area (Å²) in [5.41, 5.74) is 5.51. The van der Waals surface area contributed by atoms with Crippen molar-refractivity contribution in [2.24, 2.45) is 4.99 Å². The molecule has 3 aromatic rings. The van der Waals surface area contributed by atoms with Crippen molar-refractivity contribution in [1.29, 1.82) is 0 Å². The standard InChI is InChI=1S/C23H23N3O/c1-16-8-6-11-19(14-16)24-22(26-21-13-5-4-10-18(21)3)23(27)25-20-12-7-9-17(2)15-20/h4-15H,1-3H3,(H,24,26)(H,25,27). The van der Waals surface area contributed by atoms with Crippen molar-refractivity contribution >= 4 is 28.8 Å². The minimum absolute atomic E-state index is 0.247. The van der Waals surface area contributed by atoms with Crippen LogP contribution < -0.4 is 10.6 Å². The lowest BCUT2D eigenvalue weighted by Crippen LogP contribution is -2.29. The van der Waals surface area contributed by atoms with Gasteiger partial charge in [0.05, 0.1) is 5.69 Å². The average molecular weight is 357 g/mol. The Morgan fingerprint density at radius 3 is 1.93 bits per heavy atom. The summed E-state index contributed by atoms with van der Waals surface area (Å²) in [7, 11) is 0. The molecule has 3 rings (SSSR count). The molecule has 0 fully saturated rings. The summed E-state index contributed by atoms with van der Waals surface area (Å²) in [5, 5.41) is 6.09. The van der Waals surface area contributed by atoms with Gasteiger partial charge in [0, 0.05) is 11.4 Å². The molecule has 27 heavy (non-hydrogen) atoms. The third kappa shape index (κ3) is 5.05. The van der Waals surface area contributed by atoms with Gasteiger partial charge in [-0.3, -0.25) is 4.79 Å². The van der Waals surface area contributed by atoms with Gasteiger partial charge in [-0.1, -0.05) is 42.5 Å². The molecule has 1 amide bonds. The van der Waals surface area contributed by atoms with Crippen molar-refractivity contribution in [3.63, 3.8) is 0 Å². The lowest BCUT2D eigenvalue weighted by atomic mass is 10.2. The Bertz CT molecular complexity index is 992. The minimum atomic E-state index is -0.287. The fraction of sp³-hybridized carbons (Fsp3) is 0.130. The molecule has 0 radical (unpaired) electrons. The molecule has 0 unspecified atom stereocenters. The number of benzene rings is 3. The molecule has 0 aliphatic rings. The van der Waals surface area contributed by atoms with Crippen LogP contribution >= 0.6 is 0 Å². The van der Waals surface area contributed by atoms with E-state index in [0.29, 0.717) is 0 Å². The van der Waals surface area contributed by atoms with Crippen molar-refractivity contribution < 1.29 is 4.79 Å². The quantitative estimate of drug-likeness (QED) is 0.487. The maximum Gasteiger partial charge on any atom is 0.291 e. The van der Waals surface area contributed by atoms with Crippen molar-refractivity contribution in [3.05, 3.63) is 89.5 Å². The highest BCUT2D eigenvalue weighted by molar-refractivity contribution is 6.46. The van der Waals surface area contributed by atoms with E-state index < -0.39 is 0 Å². The maximum atomic E-state index is 12.9. The van der Waals surface area contributed by atoms with E-state index in [0.717, 1.165) is 33.8 Å². The first kappa shape index (κ1) is 18.4. The van der Waals surface area contributed by atoms with Crippen LogP contribution in [0.25, 0.3) is 0 Å². The van der Waals surface area contributed by atoms with Crippen LogP contribution in [0.3, 0.4) is 0 Å². The topological polar surface area (TPSA) is 53.5 Å². The highest BCUT2D eigenvalue weighted by Gasteiger charge is 2.13. The number of carbonyl (C=O) groups is 1. The second kappa shape index (κ2) is 8.32. The van der Waals surface area contributed by atoms with E-state index in [2.05, 4.69) is 15.6 Å². The number of amides is 1. The molecule has 3 aromatic carbocycles. The zero-order valence-electron chi connectivity index (χ0n) is 15.8. The summed E-state index contributed by atoms with van der Waals surface area (Å²) in [6.07, 6.45) is 0. The van der Waals surface area contributed by atoms with Crippen molar-refractivity contribution in [1.82, 2.24) is 0 Å². The van der Waals surface area contributed by atoms with Crippen molar-refractivity contribution in [3.8, 4) is 0 Å². The number of amidine groups is 1. The summed E-state index contributed by atoms with van der Waals surface area (Å²) in [6.45, 7) is 5.97. The van der Waals surface area contributed by atoms with Gasteiger partial charge < -0.3 is 10.6 Å². The lowest BCUT2D eigenvalue weighted by Gasteiger charge is -2.12. The minimum Gasteiger partial charge on any atom is -0.336 e. The number of nitrogens with one attached hydrogen (secondary N) is 2. The number of nitrogens with zero attached hydrogens (tertiary/aromatic N) is 1. The van der Waals surface area contributed by atoms with Gasteiger partial charge in [-0.25, -0.2) is 4.99 Å². The number of carbonyl (C=O) groups excluding carboxylic acids is 1. The Morgan fingerprint density at radius 2 is 1.33 bits per heavy atom. The van der Waals surface area contributed by atoms with Gasteiger partial charge in [0.25, 0.3) is 5.91 Å². The average Bonchev–Trinajstić information content (AvgIpc) is 2.63. The number of aryl methyl sites for hydroxylation is 3. The summed E-state index contributed by atoms with van der Waals surface area (Å²) in [6, 6.07) is 23.3. The molecule has 0 saturated heterocycles. The van der Waals surface area contributed by atoms with Gasteiger partial charge >= 0.3 is 0 Å². The van der Waals surface area contributed by atoms with E-state index in [1.807, 2.05) is 93.6 Å².